The first kappa shape index (κ1) is 17.3. The lowest BCUT2D eigenvalue weighted by Crippen LogP contribution is -2.13. The molecule has 0 bridgehead atoms. The van der Waals surface area contributed by atoms with E-state index in [4.69, 9.17) is 11.5 Å². The van der Waals surface area contributed by atoms with Crippen molar-refractivity contribution in [2.45, 2.75) is 39.3 Å². The monoisotopic (exact) mass is 368 g/mol. The number of hydrogen-bond acceptors (Lipinski definition) is 4. The zero-order valence-corrected chi connectivity index (χ0v) is 15.4. The number of phenols is 1. The molecular formula is C20H21FN4O2. The first-order valence-electron chi connectivity index (χ1n) is 8.77. The van der Waals surface area contributed by atoms with Gasteiger partial charge >= 0.3 is 0 Å². The molecule has 1 aliphatic carbocycles. The van der Waals surface area contributed by atoms with E-state index in [0.29, 0.717) is 34.5 Å². The lowest BCUT2D eigenvalue weighted by Gasteiger charge is -2.13. The summed E-state index contributed by atoms with van der Waals surface area (Å²) in [5, 5.41) is 14.8. The van der Waals surface area contributed by atoms with Crippen LogP contribution >= 0.6 is 0 Å². The van der Waals surface area contributed by atoms with E-state index in [-0.39, 0.29) is 22.9 Å². The molecule has 2 heterocycles. The van der Waals surface area contributed by atoms with Crippen molar-refractivity contribution in [2.75, 3.05) is 5.73 Å². The maximum atomic E-state index is 13.6. The first-order chi connectivity index (χ1) is 12.7. The number of alkyl halides is 1. The molecule has 2 unspecified atom stereocenters. The molecule has 5 N–H and O–H groups in total. The van der Waals surface area contributed by atoms with Crippen LogP contribution in [-0.4, -0.2) is 26.8 Å². The Morgan fingerprint density at radius 2 is 2.00 bits per heavy atom. The molecule has 6 nitrogen and oxygen atoms in total. The summed E-state index contributed by atoms with van der Waals surface area (Å²) in [5.74, 6) is -0.750. The van der Waals surface area contributed by atoms with Gasteiger partial charge in [0.2, 0.25) is 0 Å². The number of halogens is 1. The van der Waals surface area contributed by atoms with Gasteiger partial charge in [-0.15, -0.1) is 0 Å². The van der Waals surface area contributed by atoms with Gasteiger partial charge in [-0.3, -0.25) is 4.79 Å². The second-order valence-corrected chi connectivity index (χ2v) is 7.24. The number of amides is 1. The molecule has 3 aromatic rings. The lowest BCUT2D eigenvalue weighted by atomic mass is 9.98. The molecule has 1 amide bonds. The van der Waals surface area contributed by atoms with Gasteiger partial charge in [-0.2, -0.15) is 5.10 Å². The summed E-state index contributed by atoms with van der Waals surface area (Å²) in [5.41, 5.74) is 16.9. The molecular weight excluding hydrogens is 347 g/mol. The van der Waals surface area contributed by atoms with Crippen LogP contribution in [0, 0.1) is 20.8 Å². The number of carbonyl (C=O) groups is 1. The molecule has 0 radical (unpaired) electrons. The minimum Gasteiger partial charge on any atom is -0.508 e. The first-order valence-corrected chi connectivity index (χ1v) is 8.77. The number of hydrogen-bond donors (Lipinski definition) is 3. The van der Waals surface area contributed by atoms with E-state index in [9.17, 15) is 14.3 Å². The number of fused-ring (bicyclic) bond motifs is 1. The van der Waals surface area contributed by atoms with Crippen molar-refractivity contribution >= 4 is 17.1 Å². The molecule has 0 saturated heterocycles. The number of nitrogen functional groups attached to an aromatic ring is 1. The second kappa shape index (κ2) is 5.70. The topological polar surface area (TPSA) is 107 Å². The number of aromatic hydroxyl groups is 1. The van der Waals surface area contributed by atoms with E-state index >= 15 is 0 Å². The molecule has 4 rings (SSSR count). The third kappa shape index (κ3) is 2.45. The highest BCUT2D eigenvalue weighted by molar-refractivity contribution is 6.09. The molecule has 2 aromatic heterocycles. The number of nitrogens with two attached hydrogens (primary N) is 2. The Balaban J connectivity index is 2.11. The Kier molecular flexibility index (Phi) is 3.66. The van der Waals surface area contributed by atoms with Gasteiger partial charge in [0.05, 0.1) is 28.2 Å². The minimum atomic E-state index is -0.882. The molecule has 27 heavy (non-hydrogen) atoms. The van der Waals surface area contributed by atoms with Gasteiger partial charge in [0.1, 0.15) is 11.9 Å². The van der Waals surface area contributed by atoms with E-state index in [2.05, 4.69) is 5.10 Å². The summed E-state index contributed by atoms with van der Waals surface area (Å²) < 4.78 is 15.2. The van der Waals surface area contributed by atoms with E-state index in [0.717, 1.165) is 11.1 Å². The third-order valence-corrected chi connectivity index (χ3v) is 5.42. The fourth-order valence-electron chi connectivity index (χ4n) is 3.85. The van der Waals surface area contributed by atoms with Crippen molar-refractivity contribution in [1.29, 1.82) is 0 Å². The van der Waals surface area contributed by atoms with Gasteiger partial charge < -0.3 is 16.6 Å². The van der Waals surface area contributed by atoms with Crippen molar-refractivity contribution in [3.63, 3.8) is 0 Å². The number of aromatic nitrogens is 2. The second-order valence-electron chi connectivity index (χ2n) is 7.24. The van der Waals surface area contributed by atoms with Crippen LogP contribution in [0.25, 0.3) is 16.8 Å². The number of phenolic OH excluding ortho intramolecular Hbond substituents is 1. The zero-order chi connectivity index (χ0) is 19.6. The summed E-state index contributed by atoms with van der Waals surface area (Å²) in [6, 6.07) is 5.15. The van der Waals surface area contributed by atoms with Gasteiger partial charge in [0.15, 0.2) is 0 Å². The predicted molar refractivity (Wildman–Crippen MR) is 102 cm³/mol. The molecule has 140 valence electrons. The van der Waals surface area contributed by atoms with E-state index in [1.165, 1.54) is 0 Å². The maximum absolute atomic E-state index is 13.6. The molecule has 0 spiro atoms. The number of anilines is 1. The summed E-state index contributed by atoms with van der Waals surface area (Å²) in [7, 11) is 0. The molecule has 0 aliphatic heterocycles. The van der Waals surface area contributed by atoms with Crippen LogP contribution < -0.4 is 11.5 Å². The molecule has 1 saturated carbocycles. The number of nitrogens with zero attached hydrogens (tertiary/aromatic N) is 2. The Morgan fingerprint density at radius 1 is 1.33 bits per heavy atom. The van der Waals surface area contributed by atoms with Crippen LogP contribution in [0.5, 0.6) is 5.75 Å². The van der Waals surface area contributed by atoms with Gasteiger partial charge in [0, 0.05) is 17.0 Å². The Hall–Kier alpha value is -3.09. The van der Waals surface area contributed by atoms with Gasteiger partial charge in [-0.05, 0) is 50.5 Å². The fraction of sp³-hybridized carbons (Fsp3) is 0.300. The highest BCUT2D eigenvalue weighted by Crippen LogP contribution is 2.46. The Morgan fingerprint density at radius 3 is 2.59 bits per heavy atom. The van der Waals surface area contributed by atoms with Crippen molar-refractivity contribution in [3.8, 4) is 17.0 Å². The predicted octanol–water partition coefficient (Wildman–Crippen LogP) is 3.14. The average molecular weight is 368 g/mol. The van der Waals surface area contributed by atoms with E-state index in [1.807, 2.05) is 13.8 Å². The fourth-order valence-corrected chi connectivity index (χ4v) is 3.85. The van der Waals surface area contributed by atoms with Crippen LogP contribution in [0.3, 0.4) is 0 Å². The molecule has 2 atom stereocenters. The van der Waals surface area contributed by atoms with Crippen LogP contribution in [0.4, 0.5) is 10.1 Å². The van der Waals surface area contributed by atoms with E-state index < -0.39 is 12.1 Å². The van der Waals surface area contributed by atoms with Gasteiger partial charge in [-0.1, -0.05) is 6.07 Å². The summed E-state index contributed by atoms with van der Waals surface area (Å²) in [6.07, 6.45) is -0.425. The Labute approximate surface area is 155 Å². The lowest BCUT2D eigenvalue weighted by molar-refractivity contribution is 0.100. The third-order valence-electron chi connectivity index (χ3n) is 5.42. The SMILES string of the molecule is Cc1ccc(O)c(C)c1-c1c(N)c(C(N)=O)c2cc(C3CC3F)c(C)nn12. The number of aryl methyl sites for hydroxylation is 2. The molecule has 7 heteroatoms. The van der Waals surface area contributed by atoms with Crippen molar-refractivity contribution in [2.24, 2.45) is 5.73 Å². The molecule has 1 fully saturated rings. The number of benzene rings is 1. The standard InChI is InChI=1S/C20H21FN4O2/c1-8-4-5-15(26)9(2)16(8)19-18(22)17(20(23)27)14-7-11(12-6-13(12)21)10(3)24-25(14)19/h4-5,7,12-13,26H,6,22H2,1-3H3,(H2,23,27). The summed E-state index contributed by atoms with van der Waals surface area (Å²) >= 11 is 0. The highest BCUT2D eigenvalue weighted by atomic mass is 19.1. The van der Waals surface area contributed by atoms with Gasteiger partial charge in [-0.25, -0.2) is 8.91 Å². The minimum absolute atomic E-state index is 0.122. The molecule has 1 aromatic carbocycles. The Bertz CT molecular complexity index is 1120. The summed E-state index contributed by atoms with van der Waals surface area (Å²) in [6.45, 7) is 5.48. The smallest absolute Gasteiger partial charge is 0.253 e. The largest absolute Gasteiger partial charge is 0.508 e. The average Bonchev–Trinajstić information content (AvgIpc) is 3.25. The summed E-state index contributed by atoms with van der Waals surface area (Å²) in [4.78, 5) is 12.1. The quantitative estimate of drug-likeness (QED) is 0.660. The highest BCUT2D eigenvalue weighted by Gasteiger charge is 2.40. The van der Waals surface area contributed by atoms with E-state index in [1.54, 1.807) is 29.6 Å². The van der Waals surface area contributed by atoms with Gasteiger partial charge in [0.25, 0.3) is 5.91 Å². The zero-order valence-electron chi connectivity index (χ0n) is 15.4. The van der Waals surface area contributed by atoms with Crippen molar-refractivity contribution in [3.05, 3.63) is 46.1 Å². The normalized spacial score (nSPS) is 18.8. The van der Waals surface area contributed by atoms with Crippen molar-refractivity contribution in [1.82, 2.24) is 9.61 Å². The van der Waals surface area contributed by atoms with Crippen molar-refractivity contribution < 1.29 is 14.3 Å². The number of rotatable bonds is 3. The van der Waals surface area contributed by atoms with Crippen LogP contribution in [0.1, 0.15) is 45.1 Å². The van der Waals surface area contributed by atoms with Crippen LogP contribution in [-0.2, 0) is 0 Å². The molecule has 1 aliphatic rings. The maximum Gasteiger partial charge on any atom is 0.253 e. The number of primary amides is 1. The van der Waals surface area contributed by atoms with Crippen LogP contribution in [0.15, 0.2) is 18.2 Å². The number of carbonyl (C=O) groups excluding carboxylic acids is 1. The van der Waals surface area contributed by atoms with Crippen LogP contribution in [0.2, 0.25) is 0 Å².